The minimum atomic E-state index is -0.325. The second-order valence-electron chi connectivity index (χ2n) is 3.97. The molecule has 0 aromatic carbocycles. The molecule has 0 radical (unpaired) electrons. The molecule has 2 fully saturated rings. The third kappa shape index (κ3) is 1.75. The predicted molar refractivity (Wildman–Crippen MR) is 49.8 cm³/mol. The van der Waals surface area contributed by atoms with E-state index in [0.29, 0.717) is 26.3 Å². The summed E-state index contributed by atoms with van der Waals surface area (Å²) in [5, 5.41) is 9.09. The second-order valence-corrected chi connectivity index (χ2v) is 3.97. The number of likely N-dealkylation sites (tertiary alicyclic amines) is 1. The third-order valence-electron chi connectivity index (χ3n) is 2.86. The van der Waals surface area contributed by atoms with Gasteiger partial charge in [0.15, 0.2) is 0 Å². The normalized spacial score (nSPS) is 30.1. The summed E-state index contributed by atoms with van der Waals surface area (Å²) >= 11 is 0. The Labute approximate surface area is 83.2 Å². The summed E-state index contributed by atoms with van der Waals surface area (Å²) in [7, 11) is 1.93. The molecule has 0 saturated carbocycles. The van der Waals surface area contributed by atoms with Gasteiger partial charge < -0.3 is 14.7 Å². The molecule has 1 N–H and O–H groups in total. The predicted octanol–water partition coefficient (Wildman–Crippen LogP) is -1.48. The van der Waals surface area contributed by atoms with Crippen molar-refractivity contribution in [3.8, 4) is 0 Å². The lowest BCUT2D eigenvalue weighted by Gasteiger charge is -2.41. The van der Waals surface area contributed by atoms with Gasteiger partial charge >= 0.3 is 0 Å². The first kappa shape index (κ1) is 9.89. The van der Waals surface area contributed by atoms with Crippen LogP contribution in [-0.2, 0) is 9.53 Å². The third-order valence-corrected chi connectivity index (χ3v) is 2.86. The Morgan fingerprint density at radius 3 is 2.79 bits per heavy atom. The van der Waals surface area contributed by atoms with Crippen LogP contribution in [-0.4, -0.2) is 72.9 Å². The first-order valence-electron chi connectivity index (χ1n) is 4.93. The van der Waals surface area contributed by atoms with Gasteiger partial charge in [-0.25, -0.2) is 0 Å². The van der Waals surface area contributed by atoms with E-state index in [1.165, 1.54) is 0 Å². The molecule has 5 nitrogen and oxygen atoms in total. The topological polar surface area (TPSA) is 53.0 Å². The van der Waals surface area contributed by atoms with Crippen molar-refractivity contribution >= 4 is 5.91 Å². The largest absolute Gasteiger partial charge is 0.389 e. The Morgan fingerprint density at radius 2 is 2.21 bits per heavy atom. The van der Waals surface area contributed by atoms with Crippen LogP contribution < -0.4 is 0 Å². The van der Waals surface area contributed by atoms with Crippen molar-refractivity contribution in [2.45, 2.75) is 12.1 Å². The molecule has 5 heteroatoms. The average molecular weight is 200 g/mol. The van der Waals surface area contributed by atoms with Gasteiger partial charge in [-0.15, -0.1) is 0 Å². The average Bonchev–Trinajstić information content (AvgIpc) is 2.13. The molecule has 80 valence electrons. The van der Waals surface area contributed by atoms with Crippen LogP contribution in [0.5, 0.6) is 0 Å². The van der Waals surface area contributed by atoms with Crippen LogP contribution in [0.2, 0.25) is 0 Å². The van der Waals surface area contributed by atoms with Crippen LogP contribution in [0.25, 0.3) is 0 Å². The van der Waals surface area contributed by atoms with Gasteiger partial charge in [0, 0.05) is 19.6 Å². The van der Waals surface area contributed by atoms with Gasteiger partial charge in [-0.05, 0) is 7.05 Å². The molecule has 0 aliphatic carbocycles. The molecule has 2 aliphatic heterocycles. The lowest BCUT2D eigenvalue weighted by molar-refractivity contribution is -0.152. The summed E-state index contributed by atoms with van der Waals surface area (Å²) in [6.07, 6.45) is -0.325. The highest BCUT2D eigenvalue weighted by atomic mass is 16.5. The number of carbonyl (C=O) groups excluding carboxylic acids is 1. The monoisotopic (exact) mass is 200 g/mol. The Hall–Kier alpha value is -0.650. The molecule has 2 saturated heterocycles. The molecule has 2 rings (SSSR count). The number of amides is 1. The van der Waals surface area contributed by atoms with Gasteiger partial charge in [0.1, 0.15) is 6.04 Å². The minimum Gasteiger partial charge on any atom is -0.389 e. The SMILES string of the molecule is CN1CCOCC1C(=O)N1CC(O)C1. The summed E-state index contributed by atoms with van der Waals surface area (Å²) < 4.78 is 5.27. The molecule has 0 bridgehead atoms. The summed E-state index contributed by atoms with van der Waals surface area (Å²) in [5.74, 6) is 0.0810. The molecule has 2 heterocycles. The first-order valence-corrected chi connectivity index (χ1v) is 4.93. The summed E-state index contributed by atoms with van der Waals surface area (Å²) in [5.41, 5.74) is 0. The fraction of sp³-hybridized carbons (Fsp3) is 0.889. The maximum Gasteiger partial charge on any atom is 0.242 e. The number of morpholine rings is 1. The summed E-state index contributed by atoms with van der Waals surface area (Å²) in [6, 6.07) is -0.156. The highest BCUT2D eigenvalue weighted by Crippen LogP contribution is 2.13. The van der Waals surface area contributed by atoms with Gasteiger partial charge in [0.25, 0.3) is 0 Å². The zero-order chi connectivity index (χ0) is 10.1. The Morgan fingerprint density at radius 1 is 1.50 bits per heavy atom. The number of nitrogens with zero attached hydrogens (tertiary/aromatic N) is 2. The highest BCUT2D eigenvalue weighted by molar-refractivity contribution is 5.83. The van der Waals surface area contributed by atoms with E-state index in [4.69, 9.17) is 9.84 Å². The van der Waals surface area contributed by atoms with Crippen LogP contribution in [0.4, 0.5) is 0 Å². The van der Waals surface area contributed by atoms with Crippen molar-refractivity contribution in [1.29, 1.82) is 0 Å². The summed E-state index contributed by atoms with van der Waals surface area (Å²) in [4.78, 5) is 15.5. The van der Waals surface area contributed by atoms with Crippen molar-refractivity contribution < 1.29 is 14.6 Å². The summed E-state index contributed by atoms with van der Waals surface area (Å²) in [6.45, 7) is 2.92. The smallest absolute Gasteiger partial charge is 0.242 e. The molecule has 1 atom stereocenters. The van der Waals surface area contributed by atoms with Gasteiger partial charge in [-0.3, -0.25) is 9.69 Å². The van der Waals surface area contributed by atoms with Crippen LogP contribution in [0, 0.1) is 0 Å². The van der Waals surface area contributed by atoms with E-state index in [9.17, 15) is 4.79 Å². The number of rotatable bonds is 1. The van der Waals surface area contributed by atoms with Crippen LogP contribution in [0.15, 0.2) is 0 Å². The molecule has 1 amide bonds. The fourth-order valence-corrected chi connectivity index (χ4v) is 1.79. The van der Waals surface area contributed by atoms with E-state index in [0.717, 1.165) is 6.54 Å². The Kier molecular flexibility index (Phi) is 2.71. The minimum absolute atomic E-state index is 0.0810. The molecular weight excluding hydrogens is 184 g/mol. The van der Waals surface area contributed by atoms with Gasteiger partial charge in [-0.1, -0.05) is 0 Å². The standard InChI is InChI=1S/C9H16N2O3/c1-10-2-3-14-6-8(10)9(13)11-4-7(12)5-11/h7-8,12H,2-6H2,1H3. The van der Waals surface area contributed by atoms with E-state index in [1.54, 1.807) is 4.90 Å². The van der Waals surface area contributed by atoms with E-state index < -0.39 is 0 Å². The van der Waals surface area contributed by atoms with Crippen LogP contribution in [0.1, 0.15) is 0 Å². The van der Waals surface area contributed by atoms with Crippen molar-refractivity contribution in [3.05, 3.63) is 0 Å². The highest BCUT2D eigenvalue weighted by Gasteiger charge is 2.36. The van der Waals surface area contributed by atoms with Crippen LogP contribution in [0.3, 0.4) is 0 Å². The lowest BCUT2D eigenvalue weighted by atomic mass is 10.1. The number of hydrogen-bond donors (Lipinski definition) is 1. The quantitative estimate of drug-likeness (QED) is 0.561. The van der Waals surface area contributed by atoms with E-state index in [2.05, 4.69) is 0 Å². The van der Waals surface area contributed by atoms with E-state index in [1.807, 2.05) is 11.9 Å². The van der Waals surface area contributed by atoms with Crippen molar-refractivity contribution in [3.63, 3.8) is 0 Å². The van der Waals surface area contributed by atoms with Gasteiger partial charge in [0.2, 0.25) is 5.91 Å². The molecule has 2 aliphatic rings. The Balaban J connectivity index is 1.90. The molecule has 0 aromatic rings. The molecule has 14 heavy (non-hydrogen) atoms. The van der Waals surface area contributed by atoms with Gasteiger partial charge in [0.05, 0.1) is 19.3 Å². The number of likely N-dealkylation sites (N-methyl/N-ethyl adjacent to an activating group) is 1. The van der Waals surface area contributed by atoms with Gasteiger partial charge in [-0.2, -0.15) is 0 Å². The second kappa shape index (κ2) is 3.84. The number of aliphatic hydroxyl groups is 1. The number of hydrogen-bond acceptors (Lipinski definition) is 4. The zero-order valence-corrected chi connectivity index (χ0v) is 8.35. The molecule has 0 spiro atoms. The maximum atomic E-state index is 11.8. The molecule has 0 aromatic heterocycles. The zero-order valence-electron chi connectivity index (χ0n) is 8.35. The maximum absolute atomic E-state index is 11.8. The first-order chi connectivity index (χ1) is 6.68. The molecular formula is C9H16N2O3. The lowest BCUT2D eigenvalue weighted by Crippen LogP contribution is -2.61. The number of ether oxygens (including phenoxy) is 1. The van der Waals surface area contributed by atoms with Crippen molar-refractivity contribution in [2.24, 2.45) is 0 Å². The van der Waals surface area contributed by atoms with Crippen molar-refractivity contribution in [1.82, 2.24) is 9.80 Å². The number of aliphatic hydroxyl groups excluding tert-OH is 1. The fourth-order valence-electron chi connectivity index (χ4n) is 1.79. The van der Waals surface area contributed by atoms with Crippen molar-refractivity contribution in [2.75, 3.05) is 39.9 Å². The van der Waals surface area contributed by atoms with E-state index in [-0.39, 0.29) is 18.1 Å². The Bertz CT molecular complexity index is 228. The molecule has 1 unspecified atom stereocenters. The van der Waals surface area contributed by atoms with Crippen LogP contribution >= 0.6 is 0 Å². The van der Waals surface area contributed by atoms with E-state index >= 15 is 0 Å². The number of β-amino-alcohol motifs (C(OH)–C–C–N with tert-alkyl or cyclic N) is 1. The number of carbonyl (C=O) groups is 1.